The molecule has 3 aromatic rings. The Morgan fingerprint density at radius 2 is 2.22 bits per heavy atom. The van der Waals surface area contributed by atoms with Crippen molar-refractivity contribution >= 4 is 22.3 Å². The van der Waals surface area contributed by atoms with Crippen LogP contribution in [0.2, 0.25) is 0 Å². The number of hydrogen-bond acceptors (Lipinski definition) is 9. The third-order valence-electron chi connectivity index (χ3n) is 7.69. The number of aromatic nitrogens is 3. The van der Waals surface area contributed by atoms with Crippen molar-refractivity contribution < 1.29 is 13.3 Å². The summed E-state index contributed by atoms with van der Waals surface area (Å²) in [7, 11) is 0. The monoisotopic (exact) mass is 511 g/mol. The number of halogens is 2. The Hall–Kier alpha value is -3.10. The molecule has 3 N–H and O–H groups in total. The summed E-state index contributed by atoms with van der Waals surface area (Å²) in [4.78, 5) is 12.3. The molecule has 0 saturated carbocycles. The van der Waals surface area contributed by atoms with E-state index in [1.807, 2.05) is 0 Å². The van der Waals surface area contributed by atoms with Gasteiger partial charge in [-0.15, -0.1) is 11.3 Å². The summed E-state index contributed by atoms with van der Waals surface area (Å²) in [6.07, 6.45) is 3.58. The lowest BCUT2D eigenvalue weighted by molar-refractivity contribution is -0.0393. The molecular weight excluding hydrogens is 484 g/mol. The van der Waals surface area contributed by atoms with Gasteiger partial charge in [0, 0.05) is 54.2 Å². The number of aryl methyl sites for hydroxylation is 1. The highest BCUT2D eigenvalue weighted by atomic mass is 32.1. The van der Waals surface area contributed by atoms with Crippen molar-refractivity contribution in [3.05, 3.63) is 39.6 Å². The molecule has 0 amide bonds. The maximum absolute atomic E-state index is 15.5. The van der Waals surface area contributed by atoms with Crippen LogP contribution in [-0.4, -0.2) is 46.7 Å². The standard InChI is InChI=1S/C25H27F2N7OS/c1-14-12-30-7-3-9-34(14)23-31-8-5-17(32-23)20-15-10-25(26,27)13-24(21(15)35-33-20)6-2-4-18-19(24)16(11-28)22(29)36-18/h5,8,14,30H,2-4,6-7,9-10,12-13,29H2,1H3/t14-,24?/m0/s1. The Labute approximate surface area is 211 Å². The van der Waals surface area contributed by atoms with Crippen LogP contribution >= 0.6 is 11.3 Å². The van der Waals surface area contributed by atoms with Crippen molar-refractivity contribution in [1.82, 2.24) is 20.4 Å². The van der Waals surface area contributed by atoms with Gasteiger partial charge in [0.05, 0.1) is 16.7 Å². The van der Waals surface area contributed by atoms with E-state index in [2.05, 4.69) is 33.4 Å². The van der Waals surface area contributed by atoms with Crippen LogP contribution < -0.4 is 16.0 Å². The number of rotatable bonds is 2. The van der Waals surface area contributed by atoms with E-state index in [-0.39, 0.29) is 6.04 Å². The van der Waals surface area contributed by atoms with Gasteiger partial charge in [0.2, 0.25) is 5.95 Å². The van der Waals surface area contributed by atoms with Gasteiger partial charge < -0.3 is 20.5 Å². The molecule has 188 valence electrons. The summed E-state index contributed by atoms with van der Waals surface area (Å²) in [5, 5.41) is 17.9. The Balaban J connectivity index is 1.49. The molecule has 8 nitrogen and oxygen atoms in total. The molecule has 1 aliphatic heterocycles. The smallest absolute Gasteiger partial charge is 0.253 e. The molecule has 1 spiro atoms. The molecule has 36 heavy (non-hydrogen) atoms. The average Bonchev–Trinajstić information content (AvgIpc) is 3.33. The molecule has 2 aliphatic carbocycles. The highest BCUT2D eigenvalue weighted by Gasteiger charge is 2.56. The topological polar surface area (TPSA) is 117 Å². The number of nitrogens with zero attached hydrogens (tertiary/aromatic N) is 5. The molecule has 1 saturated heterocycles. The maximum atomic E-state index is 15.5. The molecule has 3 aliphatic rings. The average molecular weight is 512 g/mol. The van der Waals surface area contributed by atoms with Gasteiger partial charge in [-0.25, -0.2) is 18.7 Å². The molecule has 11 heteroatoms. The lowest BCUT2D eigenvalue weighted by Crippen LogP contribution is -2.43. The number of fused-ring (bicyclic) bond motifs is 4. The first-order valence-electron chi connectivity index (χ1n) is 12.3. The summed E-state index contributed by atoms with van der Waals surface area (Å²) in [6, 6.07) is 4.05. The third kappa shape index (κ3) is 3.58. The van der Waals surface area contributed by atoms with E-state index in [4.69, 9.17) is 15.2 Å². The summed E-state index contributed by atoms with van der Waals surface area (Å²) in [5.74, 6) is -2.02. The van der Waals surface area contributed by atoms with Crippen LogP contribution in [0.4, 0.5) is 19.7 Å². The van der Waals surface area contributed by atoms with Crippen LogP contribution in [0, 0.1) is 11.3 Å². The largest absolute Gasteiger partial charge is 0.389 e. The Kier molecular flexibility index (Phi) is 5.50. The maximum Gasteiger partial charge on any atom is 0.253 e. The minimum Gasteiger partial charge on any atom is -0.389 e. The second-order valence-electron chi connectivity index (χ2n) is 10.1. The molecule has 0 radical (unpaired) electrons. The lowest BCUT2D eigenvalue weighted by Gasteiger charge is -2.42. The fourth-order valence-corrected chi connectivity index (χ4v) is 7.36. The Morgan fingerprint density at radius 1 is 1.36 bits per heavy atom. The normalized spacial score (nSPS) is 25.2. The van der Waals surface area contributed by atoms with Crippen molar-refractivity contribution in [3.63, 3.8) is 0 Å². The van der Waals surface area contributed by atoms with Crippen molar-refractivity contribution in [3.8, 4) is 17.5 Å². The second kappa shape index (κ2) is 8.49. The summed E-state index contributed by atoms with van der Waals surface area (Å²) in [6.45, 7) is 4.65. The number of nitrogens with two attached hydrogens (primary N) is 1. The molecule has 0 aromatic carbocycles. The van der Waals surface area contributed by atoms with E-state index in [0.717, 1.165) is 30.9 Å². The van der Waals surface area contributed by atoms with Gasteiger partial charge in [-0.2, -0.15) is 5.26 Å². The first kappa shape index (κ1) is 23.3. The van der Waals surface area contributed by atoms with Crippen LogP contribution in [0.1, 0.15) is 59.9 Å². The van der Waals surface area contributed by atoms with Crippen LogP contribution in [0.15, 0.2) is 16.8 Å². The second-order valence-corrected chi connectivity index (χ2v) is 11.2. The number of hydrogen-bond donors (Lipinski definition) is 2. The Bertz CT molecular complexity index is 1360. The fourth-order valence-electron chi connectivity index (χ4n) is 6.20. The van der Waals surface area contributed by atoms with Gasteiger partial charge in [-0.1, -0.05) is 5.16 Å². The molecular formula is C25H27F2N7OS. The summed E-state index contributed by atoms with van der Waals surface area (Å²) in [5.41, 5.74) is 7.07. The van der Waals surface area contributed by atoms with E-state index < -0.39 is 24.2 Å². The van der Waals surface area contributed by atoms with E-state index in [1.54, 1.807) is 12.3 Å². The van der Waals surface area contributed by atoms with Gasteiger partial charge in [0.1, 0.15) is 16.8 Å². The van der Waals surface area contributed by atoms with Gasteiger partial charge in [0.15, 0.2) is 5.76 Å². The number of anilines is 2. The van der Waals surface area contributed by atoms with E-state index in [1.165, 1.54) is 11.3 Å². The van der Waals surface area contributed by atoms with E-state index in [0.29, 0.717) is 64.1 Å². The molecule has 4 heterocycles. The SMILES string of the molecule is C[C@H]1CNCCCN1c1nccc(-c2noc3c2CC(F)(F)CC32CCCc3sc(N)c(C#N)c32)n1. The predicted molar refractivity (Wildman–Crippen MR) is 132 cm³/mol. The molecule has 2 atom stereocenters. The highest BCUT2D eigenvalue weighted by molar-refractivity contribution is 7.16. The third-order valence-corrected chi connectivity index (χ3v) is 8.77. The number of alkyl halides is 2. The molecule has 3 aromatic heterocycles. The number of nitrogen functional groups attached to an aromatic ring is 1. The van der Waals surface area contributed by atoms with Crippen molar-refractivity contribution in [1.29, 1.82) is 5.26 Å². The molecule has 1 unspecified atom stereocenters. The molecule has 0 bridgehead atoms. The molecule has 1 fully saturated rings. The van der Waals surface area contributed by atoms with Crippen molar-refractivity contribution in [2.45, 2.75) is 62.8 Å². The zero-order valence-corrected chi connectivity index (χ0v) is 20.8. The fraction of sp³-hybridized carbons (Fsp3) is 0.520. The van der Waals surface area contributed by atoms with Crippen LogP contribution in [-0.2, 0) is 18.3 Å². The number of nitriles is 1. The predicted octanol–water partition coefficient (Wildman–Crippen LogP) is 4.04. The van der Waals surface area contributed by atoms with Gasteiger partial charge in [-0.3, -0.25) is 0 Å². The summed E-state index contributed by atoms with van der Waals surface area (Å²) < 4.78 is 36.8. The van der Waals surface area contributed by atoms with Crippen LogP contribution in [0.5, 0.6) is 0 Å². The van der Waals surface area contributed by atoms with Crippen LogP contribution in [0.3, 0.4) is 0 Å². The quantitative estimate of drug-likeness (QED) is 0.530. The van der Waals surface area contributed by atoms with Crippen molar-refractivity contribution in [2.75, 3.05) is 30.3 Å². The van der Waals surface area contributed by atoms with Gasteiger partial charge in [-0.05, 0) is 45.2 Å². The minimum atomic E-state index is -2.99. The zero-order valence-electron chi connectivity index (χ0n) is 20.0. The van der Waals surface area contributed by atoms with Gasteiger partial charge >= 0.3 is 0 Å². The van der Waals surface area contributed by atoms with Crippen molar-refractivity contribution in [2.24, 2.45) is 0 Å². The Morgan fingerprint density at radius 3 is 3.06 bits per heavy atom. The number of nitrogens with one attached hydrogen (secondary N) is 1. The van der Waals surface area contributed by atoms with E-state index in [9.17, 15) is 5.26 Å². The van der Waals surface area contributed by atoms with Crippen LogP contribution in [0.25, 0.3) is 11.4 Å². The van der Waals surface area contributed by atoms with E-state index >= 15 is 8.78 Å². The minimum absolute atomic E-state index is 0.190. The van der Waals surface area contributed by atoms with Gasteiger partial charge in [0.25, 0.3) is 5.92 Å². The highest BCUT2D eigenvalue weighted by Crippen LogP contribution is 2.58. The zero-order chi connectivity index (χ0) is 25.1. The number of thiophene rings is 1. The summed E-state index contributed by atoms with van der Waals surface area (Å²) >= 11 is 1.32. The molecule has 6 rings (SSSR count). The lowest BCUT2D eigenvalue weighted by atomic mass is 9.62. The first-order chi connectivity index (χ1) is 17.3. The first-order valence-corrected chi connectivity index (χ1v) is 13.1.